The number of hydrogen-bond donors (Lipinski definition) is 2. The van der Waals surface area contributed by atoms with E-state index in [2.05, 4.69) is 0 Å². The molecule has 0 saturated carbocycles. The van der Waals surface area contributed by atoms with Crippen LogP contribution in [0.25, 0.3) is 0 Å². The van der Waals surface area contributed by atoms with Crippen LogP contribution in [0.15, 0.2) is 30.3 Å². The maximum Gasteiger partial charge on any atom is 0.203 e. The second-order valence-corrected chi connectivity index (χ2v) is 4.60. The molecule has 0 saturated heterocycles. The number of phenols is 2. The summed E-state index contributed by atoms with van der Waals surface area (Å²) in [5.74, 6) is 1.11. The molecule has 0 aliphatic carbocycles. The Morgan fingerprint density at radius 3 is 2.40 bits per heavy atom. The van der Waals surface area contributed by atoms with Crippen molar-refractivity contribution in [2.75, 3.05) is 14.2 Å². The predicted molar refractivity (Wildman–Crippen MR) is 76.9 cm³/mol. The average molecular weight is 274 g/mol. The first-order valence-corrected chi connectivity index (χ1v) is 6.28. The van der Waals surface area contributed by atoms with E-state index in [1.165, 1.54) is 14.2 Å². The fourth-order valence-electron chi connectivity index (χ4n) is 2.23. The molecule has 0 amide bonds. The third-order valence-electron chi connectivity index (χ3n) is 3.26. The predicted octanol–water partition coefficient (Wildman–Crippen LogP) is 3.01. The van der Waals surface area contributed by atoms with Crippen molar-refractivity contribution < 1.29 is 19.7 Å². The van der Waals surface area contributed by atoms with E-state index >= 15 is 0 Å². The van der Waals surface area contributed by atoms with E-state index < -0.39 is 0 Å². The Balaban J connectivity index is 2.46. The number of methoxy groups -OCH3 is 2. The van der Waals surface area contributed by atoms with E-state index in [1.807, 2.05) is 19.1 Å². The van der Waals surface area contributed by atoms with Gasteiger partial charge in [0, 0.05) is 12.0 Å². The fourth-order valence-corrected chi connectivity index (χ4v) is 2.23. The number of phenolic OH excluding ortho intramolecular Hbond substituents is 2. The molecule has 106 valence electrons. The van der Waals surface area contributed by atoms with Gasteiger partial charge in [-0.2, -0.15) is 0 Å². The summed E-state index contributed by atoms with van der Waals surface area (Å²) >= 11 is 0. The molecular formula is C16H18O4. The van der Waals surface area contributed by atoms with Crippen molar-refractivity contribution in [1.82, 2.24) is 0 Å². The lowest BCUT2D eigenvalue weighted by Crippen LogP contribution is -1.98. The zero-order valence-electron chi connectivity index (χ0n) is 11.8. The quantitative estimate of drug-likeness (QED) is 0.899. The molecule has 0 fully saturated rings. The molecule has 2 aromatic carbocycles. The van der Waals surface area contributed by atoms with E-state index in [0.29, 0.717) is 17.9 Å². The second-order valence-electron chi connectivity index (χ2n) is 4.60. The molecule has 20 heavy (non-hydrogen) atoms. The van der Waals surface area contributed by atoms with Crippen LogP contribution in [0.5, 0.6) is 23.0 Å². The Kier molecular flexibility index (Phi) is 4.03. The summed E-state index contributed by atoms with van der Waals surface area (Å²) in [6.45, 7) is 1.90. The molecule has 0 atom stereocenters. The van der Waals surface area contributed by atoms with Crippen molar-refractivity contribution in [1.29, 1.82) is 0 Å². The lowest BCUT2D eigenvalue weighted by atomic mass is 9.98. The van der Waals surface area contributed by atoms with Gasteiger partial charge in [0.1, 0.15) is 5.75 Å². The first-order chi connectivity index (χ1) is 9.56. The first-order valence-electron chi connectivity index (χ1n) is 6.28. The summed E-state index contributed by atoms with van der Waals surface area (Å²) in [7, 11) is 3.02. The van der Waals surface area contributed by atoms with E-state index in [1.54, 1.807) is 18.2 Å². The summed E-state index contributed by atoms with van der Waals surface area (Å²) in [6, 6.07) is 8.80. The molecule has 0 bridgehead atoms. The molecule has 0 aromatic heterocycles. The Bertz CT molecular complexity index is 620. The van der Waals surface area contributed by atoms with Crippen molar-refractivity contribution in [2.24, 2.45) is 0 Å². The van der Waals surface area contributed by atoms with Gasteiger partial charge in [-0.25, -0.2) is 0 Å². The van der Waals surface area contributed by atoms with Gasteiger partial charge in [0.2, 0.25) is 5.75 Å². The molecule has 0 unspecified atom stereocenters. The third-order valence-corrected chi connectivity index (χ3v) is 3.26. The monoisotopic (exact) mass is 274 g/mol. The van der Waals surface area contributed by atoms with Crippen LogP contribution in [0, 0.1) is 6.92 Å². The van der Waals surface area contributed by atoms with Crippen LogP contribution in [0.3, 0.4) is 0 Å². The number of hydrogen-bond acceptors (Lipinski definition) is 4. The molecule has 0 radical (unpaired) electrons. The summed E-state index contributed by atoms with van der Waals surface area (Å²) in [5, 5.41) is 19.9. The summed E-state index contributed by atoms with van der Waals surface area (Å²) in [6.07, 6.45) is 0.506. The summed E-state index contributed by atoms with van der Waals surface area (Å²) < 4.78 is 10.4. The standard InChI is InChI=1S/C16H18O4/c1-10-7-14(19-2)16(20-3)15(18)13(10)9-11-5-4-6-12(17)8-11/h4-8,17-18H,9H2,1-3H3. The van der Waals surface area contributed by atoms with Gasteiger partial charge >= 0.3 is 0 Å². The lowest BCUT2D eigenvalue weighted by molar-refractivity contribution is 0.331. The molecule has 2 N–H and O–H groups in total. The zero-order chi connectivity index (χ0) is 14.7. The van der Waals surface area contributed by atoms with Crippen LogP contribution < -0.4 is 9.47 Å². The molecule has 0 spiro atoms. The molecule has 0 aliphatic rings. The number of rotatable bonds is 4. The van der Waals surface area contributed by atoms with Gasteiger partial charge in [-0.15, -0.1) is 0 Å². The molecular weight excluding hydrogens is 256 g/mol. The molecule has 4 heteroatoms. The maximum absolute atomic E-state index is 10.3. The SMILES string of the molecule is COc1cc(C)c(Cc2cccc(O)c2)c(O)c1OC. The minimum absolute atomic E-state index is 0.0766. The van der Waals surface area contributed by atoms with Gasteiger partial charge in [0.25, 0.3) is 0 Å². The highest BCUT2D eigenvalue weighted by molar-refractivity contribution is 5.59. The second kappa shape index (κ2) is 5.74. The highest BCUT2D eigenvalue weighted by atomic mass is 16.5. The average Bonchev–Trinajstić information content (AvgIpc) is 2.43. The van der Waals surface area contributed by atoms with Gasteiger partial charge in [0.15, 0.2) is 11.5 Å². The number of benzene rings is 2. The minimum atomic E-state index is 0.0766. The third kappa shape index (κ3) is 2.64. The Morgan fingerprint density at radius 2 is 1.80 bits per heavy atom. The van der Waals surface area contributed by atoms with Crippen molar-refractivity contribution in [3.05, 3.63) is 47.0 Å². The Hall–Kier alpha value is -2.36. The highest BCUT2D eigenvalue weighted by Gasteiger charge is 2.17. The Labute approximate surface area is 118 Å². The Morgan fingerprint density at radius 1 is 1.05 bits per heavy atom. The molecule has 2 rings (SSSR count). The van der Waals surface area contributed by atoms with Crippen LogP contribution in [-0.2, 0) is 6.42 Å². The van der Waals surface area contributed by atoms with Crippen LogP contribution in [-0.4, -0.2) is 24.4 Å². The van der Waals surface area contributed by atoms with E-state index in [0.717, 1.165) is 16.7 Å². The topological polar surface area (TPSA) is 58.9 Å². The molecule has 0 heterocycles. The highest BCUT2D eigenvalue weighted by Crippen LogP contribution is 2.41. The van der Waals surface area contributed by atoms with Crippen molar-refractivity contribution in [3.63, 3.8) is 0 Å². The number of aryl methyl sites for hydroxylation is 1. The summed E-state index contributed by atoms with van der Waals surface area (Å²) in [4.78, 5) is 0. The van der Waals surface area contributed by atoms with Crippen molar-refractivity contribution in [2.45, 2.75) is 13.3 Å². The van der Waals surface area contributed by atoms with E-state index in [9.17, 15) is 10.2 Å². The van der Waals surface area contributed by atoms with Crippen molar-refractivity contribution >= 4 is 0 Å². The van der Waals surface area contributed by atoms with Gasteiger partial charge in [-0.05, 0) is 36.2 Å². The van der Waals surface area contributed by atoms with Gasteiger partial charge in [-0.3, -0.25) is 0 Å². The van der Waals surface area contributed by atoms with Gasteiger partial charge in [0.05, 0.1) is 14.2 Å². The van der Waals surface area contributed by atoms with Crippen molar-refractivity contribution in [3.8, 4) is 23.0 Å². The largest absolute Gasteiger partial charge is 0.508 e. The number of aromatic hydroxyl groups is 2. The van der Waals surface area contributed by atoms with Gasteiger partial charge < -0.3 is 19.7 Å². The zero-order valence-corrected chi connectivity index (χ0v) is 11.8. The minimum Gasteiger partial charge on any atom is -0.508 e. The summed E-state index contributed by atoms with van der Waals surface area (Å²) in [5.41, 5.74) is 2.58. The van der Waals surface area contributed by atoms with E-state index in [4.69, 9.17) is 9.47 Å². The smallest absolute Gasteiger partial charge is 0.203 e. The first kappa shape index (κ1) is 14.1. The van der Waals surface area contributed by atoms with Crippen LogP contribution in [0.2, 0.25) is 0 Å². The van der Waals surface area contributed by atoms with Crippen LogP contribution in [0.4, 0.5) is 0 Å². The molecule has 2 aromatic rings. The lowest BCUT2D eigenvalue weighted by Gasteiger charge is -2.15. The molecule has 4 nitrogen and oxygen atoms in total. The maximum atomic E-state index is 10.3. The van der Waals surface area contributed by atoms with Crippen LogP contribution in [0.1, 0.15) is 16.7 Å². The normalized spacial score (nSPS) is 10.3. The van der Waals surface area contributed by atoms with Crippen LogP contribution >= 0.6 is 0 Å². The number of ether oxygens (including phenoxy) is 2. The van der Waals surface area contributed by atoms with Gasteiger partial charge in [-0.1, -0.05) is 12.1 Å². The fraction of sp³-hybridized carbons (Fsp3) is 0.250. The molecule has 0 aliphatic heterocycles. The van der Waals surface area contributed by atoms with E-state index in [-0.39, 0.29) is 11.5 Å².